The molecule has 0 spiro atoms. The molecule has 7 nitrogen and oxygen atoms in total. The first kappa shape index (κ1) is 20.2. The molecule has 0 saturated carbocycles. The van der Waals surface area contributed by atoms with Crippen molar-refractivity contribution in [3.8, 4) is 0 Å². The summed E-state index contributed by atoms with van der Waals surface area (Å²) in [7, 11) is 1.58. The minimum absolute atomic E-state index is 0.151. The van der Waals surface area contributed by atoms with Crippen LogP contribution in [0, 0.1) is 5.82 Å². The van der Waals surface area contributed by atoms with Crippen molar-refractivity contribution >= 4 is 17.1 Å². The number of aromatic amines is 1. The standard InChI is InChI=1S/C24H24FN5O2/c1-28-21-20(22(31)27-24(28)32)30(15-18-9-5-6-10-19(18)25)23(26-21)29-13-11-17(12-14-29)16-7-3-2-4-8-16/h2-10,17H,11-15H2,1H3,(H,27,31,32). The van der Waals surface area contributed by atoms with Crippen molar-refractivity contribution < 1.29 is 4.39 Å². The molecule has 0 aliphatic carbocycles. The van der Waals surface area contributed by atoms with E-state index >= 15 is 0 Å². The van der Waals surface area contributed by atoms with Crippen LogP contribution in [0.3, 0.4) is 0 Å². The van der Waals surface area contributed by atoms with Crippen LogP contribution < -0.4 is 16.1 Å². The third kappa shape index (κ3) is 3.51. The lowest BCUT2D eigenvalue weighted by Crippen LogP contribution is -2.35. The van der Waals surface area contributed by atoms with E-state index in [-0.39, 0.29) is 17.9 Å². The highest BCUT2D eigenvalue weighted by Crippen LogP contribution is 2.31. The lowest BCUT2D eigenvalue weighted by atomic mass is 9.90. The predicted octanol–water partition coefficient (Wildman–Crippen LogP) is 2.99. The number of hydrogen-bond acceptors (Lipinski definition) is 4. The lowest BCUT2D eigenvalue weighted by molar-refractivity contribution is 0.494. The van der Waals surface area contributed by atoms with Crippen molar-refractivity contribution in [3.63, 3.8) is 0 Å². The molecule has 1 fully saturated rings. The van der Waals surface area contributed by atoms with Gasteiger partial charge in [0.2, 0.25) is 5.95 Å². The van der Waals surface area contributed by atoms with Gasteiger partial charge in [0.1, 0.15) is 5.82 Å². The monoisotopic (exact) mass is 433 g/mol. The van der Waals surface area contributed by atoms with E-state index in [1.807, 2.05) is 6.07 Å². The normalized spacial score (nSPS) is 14.9. The Morgan fingerprint density at radius 2 is 1.72 bits per heavy atom. The van der Waals surface area contributed by atoms with Crippen LogP contribution in [-0.4, -0.2) is 32.2 Å². The van der Waals surface area contributed by atoms with Crippen molar-refractivity contribution in [1.82, 2.24) is 19.1 Å². The number of benzene rings is 2. The Morgan fingerprint density at radius 1 is 1.03 bits per heavy atom. The average Bonchev–Trinajstić information content (AvgIpc) is 3.20. The summed E-state index contributed by atoms with van der Waals surface area (Å²) >= 11 is 0. The topological polar surface area (TPSA) is 75.9 Å². The van der Waals surface area contributed by atoms with Gasteiger partial charge in [-0.25, -0.2) is 9.18 Å². The smallest absolute Gasteiger partial charge is 0.329 e. The molecule has 8 heteroatoms. The maximum Gasteiger partial charge on any atom is 0.329 e. The number of fused-ring (bicyclic) bond motifs is 1. The molecule has 2 aromatic heterocycles. The minimum atomic E-state index is -0.521. The molecule has 0 unspecified atom stereocenters. The molecule has 1 aliphatic heterocycles. The van der Waals surface area contributed by atoms with Gasteiger partial charge in [-0.3, -0.25) is 18.9 Å². The number of aryl methyl sites for hydroxylation is 1. The van der Waals surface area contributed by atoms with Gasteiger partial charge in [-0.1, -0.05) is 48.5 Å². The Labute approximate surface area is 183 Å². The van der Waals surface area contributed by atoms with Gasteiger partial charge in [0, 0.05) is 25.7 Å². The summed E-state index contributed by atoms with van der Waals surface area (Å²) in [6.45, 7) is 1.66. The first-order chi connectivity index (χ1) is 15.5. The van der Waals surface area contributed by atoms with Gasteiger partial charge in [-0.15, -0.1) is 0 Å². The molecule has 4 aromatic rings. The molecule has 5 rings (SSSR count). The largest absolute Gasteiger partial charge is 0.342 e. The number of piperidine rings is 1. The van der Waals surface area contributed by atoms with Crippen LogP contribution in [0.15, 0.2) is 64.2 Å². The van der Waals surface area contributed by atoms with Crippen molar-refractivity contribution in [2.75, 3.05) is 18.0 Å². The summed E-state index contributed by atoms with van der Waals surface area (Å²) in [6, 6.07) is 16.9. The van der Waals surface area contributed by atoms with Gasteiger partial charge in [0.15, 0.2) is 11.2 Å². The second kappa shape index (κ2) is 8.11. The van der Waals surface area contributed by atoms with Gasteiger partial charge >= 0.3 is 5.69 Å². The van der Waals surface area contributed by atoms with Crippen LogP contribution in [0.25, 0.3) is 11.2 Å². The molecule has 32 heavy (non-hydrogen) atoms. The SMILES string of the molecule is Cn1c(=O)[nH]c(=O)c2c1nc(N1CCC(c3ccccc3)CC1)n2Cc1ccccc1F. The maximum absolute atomic E-state index is 14.4. The maximum atomic E-state index is 14.4. The number of halogens is 1. The molecular weight excluding hydrogens is 409 g/mol. The Balaban J connectivity index is 1.56. The van der Waals surface area contributed by atoms with E-state index < -0.39 is 11.2 Å². The summed E-state index contributed by atoms with van der Waals surface area (Å²) in [5.41, 5.74) is 1.32. The number of hydrogen-bond donors (Lipinski definition) is 1. The van der Waals surface area contributed by atoms with Crippen molar-refractivity contribution in [2.24, 2.45) is 7.05 Å². The molecule has 1 saturated heterocycles. The Bertz CT molecular complexity index is 1380. The minimum Gasteiger partial charge on any atom is -0.342 e. The van der Waals surface area contributed by atoms with Crippen molar-refractivity contribution in [3.05, 3.63) is 92.4 Å². The highest BCUT2D eigenvalue weighted by atomic mass is 19.1. The summed E-state index contributed by atoms with van der Waals surface area (Å²) in [5, 5.41) is 0. The zero-order valence-corrected chi connectivity index (χ0v) is 17.8. The summed E-state index contributed by atoms with van der Waals surface area (Å²) in [6.07, 6.45) is 1.89. The lowest BCUT2D eigenvalue weighted by Gasteiger charge is -2.33. The molecular formula is C24H24FN5O2. The second-order valence-electron chi connectivity index (χ2n) is 8.25. The van der Waals surface area contributed by atoms with Crippen molar-refractivity contribution in [1.29, 1.82) is 0 Å². The highest BCUT2D eigenvalue weighted by Gasteiger charge is 2.26. The van der Waals surface area contributed by atoms with E-state index in [1.165, 1.54) is 16.2 Å². The average molecular weight is 433 g/mol. The van der Waals surface area contributed by atoms with E-state index in [2.05, 4.69) is 34.1 Å². The first-order valence-electron chi connectivity index (χ1n) is 10.8. The molecule has 0 bridgehead atoms. The van der Waals surface area contributed by atoms with Gasteiger partial charge in [0.05, 0.1) is 6.54 Å². The van der Waals surface area contributed by atoms with E-state index in [9.17, 15) is 14.0 Å². The molecule has 2 aromatic carbocycles. The van der Waals surface area contributed by atoms with Gasteiger partial charge in [-0.05, 0) is 30.4 Å². The van der Waals surface area contributed by atoms with Crippen LogP contribution in [0.4, 0.5) is 10.3 Å². The van der Waals surface area contributed by atoms with E-state index in [0.717, 1.165) is 25.9 Å². The molecule has 0 amide bonds. The fourth-order valence-electron chi connectivity index (χ4n) is 4.55. The van der Waals surface area contributed by atoms with Crippen molar-refractivity contribution in [2.45, 2.75) is 25.3 Å². The second-order valence-corrected chi connectivity index (χ2v) is 8.25. The fourth-order valence-corrected chi connectivity index (χ4v) is 4.55. The molecule has 1 aliphatic rings. The Hall–Kier alpha value is -3.68. The van der Waals surface area contributed by atoms with Crippen LogP contribution in [0.2, 0.25) is 0 Å². The Morgan fingerprint density at radius 3 is 2.44 bits per heavy atom. The number of nitrogens with one attached hydrogen (secondary N) is 1. The summed E-state index contributed by atoms with van der Waals surface area (Å²) in [5.74, 6) is 0.704. The van der Waals surface area contributed by atoms with Gasteiger partial charge in [-0.2, -0.15) is 4.98 Å². The number of imidazole rings is 1. The molecule has 0 radical (unpaired) electrons. The predicted molar refractivity (Wildman–Crippen MR) is 122 cm³/mol. The fraction of sp³-hybridized carbons (Fsp3) is 0.292. The number of aromatic nitrogens is 4. The molecule has 3 heterocycles. The quantitative estimate of drug-likeness (QED) is 0.537. The molecule has 0 atom stereocenters. The number of anilines is 1. The Kier molecular flexibility index (Phi) is 5.13. The third-order valence-electron chi connectivity index (χ3n) is 6.32. The van der Waals surface area contributed by atoms with Gasteiger partial charge in [0.25, 0.3) is 5.56 Å². The van der Waals surface area contributed by atoms with E-state index in [1.54, 1.807) is 29.8 Å². The van der Waals surface area contributed by atoms with Crippen LogP contribution >= 0.6 is 0 Å². The van der Waals surface area contributed by atoms with Crippen LogP contribution in [0.1, 0.15) is 29.9 Å². The summed E-state index contributed by atoms with van der Waals surface area (Å²) in [4.78, 5) is 34.1. The zero-order valence-electron chi connectivity index (χ0n) is 17.8. The van der Waals surface area contributed by atoms with E-state index in [4.69, 9.17) is 4.98 Å². The van der Waals surface area contributed by atoms with E-state index in [0.29, 0.717) is 23.1 Å². The van der Waals surface area contributed by atoms with Crippen LogP contribution in [0.5, 0.6) is 0 Å². The van der Waals surface area contributed by atoms with Crippen LogP contribution in [-0.2, 0) is 13.6 Å². The number of H-pyrrole nitrogens is 1. The zero-order chi connectivity index (χ0) is 22.2. The number of nitrogens with zero attached hydrogens (tertiary/aromatic N) is 4. The molecule has 164 valence electrons. The highest BCUT2D eigenvalue weighted by molar-refractivity contribution is 5.74. The third-order valence-corrected chi connectivity index (χ3v) is 6.32. The van der Waals surface area contributed by atoms with Gasteiger partial charge < -0.3 is 4.90 Å². The molecule has 1 N–H and O–H groups in total. The number of rotatable bonds is 4. The first-order valence-corrected chi connectivity index (χ1v) is 10.8. The summed E-state index contributed by atoms with van der Waals surface area (Å²) < 4.78 is 17.5.